The second-order valence-electron chi connectivity index (χ2n) is 4.38. The molecule has 1 fully saturated rings. The van der Waals surface area contributed by atoms with Crippen molar-refractivity contribution >= 4 is 5.97 Å². The van der Waals surface area contributed by atoms with Gasteiger partial charge in [-0.2, -0.15) is 0 Å². The molecule has 0 saturated carbocycles. The van der Waals surface area contributed by atoms with E-state index in [1.54, 1.807) is 13.8 Å². The molecule has 0 aromatic carbocycles. The van der Waals surface area contributed by atoms with Gasteiger partial charge in [0, 0.05) is 13.2 Å². The van der Waals surface area contributed by atoms with Crippen LogP contribution >= 0.6 is 0 Å². The van der Waals surface area contributed by atoms with Gasteiger partial charge in [-0.15, -0.1) is 0 Å². The Hall–Kier alpha value is -0.610. The van der Waals surface area contributed by atoms with Gasteiger partial charge < -0.3 is 15.2 Å². The van der Waals surface area contributed by atoms with Crippen molar-refractivity contribution < 1.29 is 14.3 Å². The highest BCUT2D eigenvalue weighted by molar-refractivity contribution is 5.79. The molecular weight excluding hydrogens is 182 g/mol. The summed E-state index contributed by atoms with van der Waals surface area (Å²) >= 11 is 0. The maximum atomic E-state index is 11.3. The maximum absolute atomic E-state index is 11.3. The molecule has 14 heavy (non-hydrogen) atoms. The molecule has 0 radical (unpaired) electrons. The highest BCUT2D eigenvalue weighted by Gasteiger charge is 2.25. The Labute approximate surface area is 84.7 Å². The van der Waals surface area contributed by atoms with Crippen molar-refractivity contribution in [2.24, 2.45) is 11.7 Å². The zero-order valence-corrected chi connectivity index (χ0v) is 8.91. The average molecular weight is 201 g/mol. The summed E-state index contributed by atoms with van der Waals surface area (Å²) in [7, 11) is 0. The summed E-state index contributed by atoms with van der Waals surface area (Å²) in [5.74, 6) is 0.110. The number of esters is 1. The minimum absolute atomic E-state index is 0.330. The summed E-state index contributed by atoms with van der Waals surface area (Å²) in [4.78, 5) is 11.3. The molecule has 0 aliphatic carbocycles. The first kappa shape index (κ1) is 11.5. The summed E-state index contributed by atoms with van der Waals surface area (Å²) in [6.07, 6.45) is 1.94. The average Bonchev–Trinajstić information content (AvgIpc) is 2.14. The molecule has 4 nitrogen and oxygen atoms in total. The first-order chi connectivity index (χ1) is 6.50. The van der Waals surface area contributed by atoms with E-state index >= 15 is 0 Å². The lowest BCUT2D eigenvalue weighted by molar-refractivity contribution is -0.151. The van der Waals surface area contributed by atoms with Gasteiger partial charge in [0.2, 0.25) is 0 Å². The summed E-state index contributed by atoms with van der Waals surface area (Å²) in [5, 5.41) is 0. The van der Waals surface area contributed by atoms with Crippen LogP contribution in [0.3, 0.4) is 0 Å². The van der Waals surface area contributed by atoms with E-state index in [-0.39, 0.29) is 5.97 Å². The molecule has 0 bridgehead atoms. The molecule has 2 N–H and O–H groups in total. The molecule has 1 rings (SSSR count). The summed E-state index contributed by atoms with van der Waals surface area (Å²) in [6.45, 7) is 5.32. The smallest absolute Gasteiger partial charge is 0.325 e. The van der Waals surface area contributed by atoms with E-state index in [2.05, 4.69) is 0 Å². The molecule has 0 aromatic heterocycles. The summed E-state index contributed by atoms with van der Waals surface area (Å²) in [6, 6.07) is 0. The van der Waals surface area contributed by atoms with Crippen LogP contribution in [0.1, 0.15) is 26.7 Å². The molecule has 0 spiro atoms. The number of hydrogen-bond donors (Lipinski definition) is 1. The van der Waals surface area contributed by atoms with Gasteiger partial charge >= 0.3 is 5.97 Å². The molecule has 1 aliphatic rings. The standard InChI is InChI=1S/C10H19NO3/c1-10(2,11)9(12)14-7-8-3-5-13-6-4-8/h8H,3-7,11H2,1-2H3. The maximum Gasteiger partial charge on any atom is 0.325 e. The van der Waals surface area contributed by atoms with Crippen molar-refractivity contribution in [2.45, 2.75) is 32.2 Å². The Morgan fingerprint density at radius 3 is 2.57 bits per heavy atom. The summed E-state index contributed by atoms with van der Waals surface area (Å²) in [5.41, 5.74) is 4.71. The number of hydrogen-bond acceptors (Lipinski definition) is 4. The van der Waals surface area contributed by atoms with Crippen LogP contribution in [0.15, 0.2) is 0 Å². The minimum Gasteiger partial charge on any atom is -0.464 e. The van der Waals surface area contributed by atoms with Gasteiger partial charge in [0.25, 0.3) is 0 Å². The van der Waals surface area contributed by atoms with Gasteiger partial charge in [-0.1, -0.05) is 0 Å². The Kier molecular flexibility index (Phi) is 3.89. The molecule has 0 amide bonds. The van der Waals surface area contributed by atoms with Crippen molar-refractivity contribution in [1.29, 1.82) is 0 Å². The lowest BCUT2D eigenvalue weighted by Crippen LogP contribution is -2.43. The van der Waals surface area contributed by atoms with E-state index in [1.165, 1.54) is 0 Å². The second kappa shape index (κ2) is 4.75. The predicted molar refractivity (Wildman–Crippen MR) is 52.8 cm³/mol. The third-order valence-electron chi connectivity index (χ3n) is 2.32. The first-order valence-electron chi connectivity index (χ1n) is 5.04. The number of ether oxygens (including phenoxy) is 2. The summed E-state index contributed by atoms with van der Waals surface area (Å²) < 4.78 is 10.3. The molecule has 0 aromatic rings. The van der Waals surface area contributed by atoms with Crippen LogP contribution < -0.4 is 5.73 Å². The Morgan fingerprint density at radius 1 is 1.50 bits per heavy atom. The molecule has 1 aliphatic heterocycles. The third-order valence-corrected chi connectivity index (χ3v) is 2.32. The molecule has 0 atom stereocenters. The van der Waals surface area contributed by atoms with E-state index in [0.29, 0.717) is 12.5 Å². The predicted octanol–water partition coefficient (Wildman–Crippen LogP) is 0.693. The largest absolute Gasteiger partial charge is 0.464 e. The topological polar surface area (TPSA) is 61.6 Å². The van der Waals surface area contributed by atoms with Crippen LogP contribution in [0.25, 0.3) is 0 Å². The monoisotopic (exact) mass is 201 g/mol. The fourth-order valence-electron chi connectivity index (χ4n) is 1.29. The fraction of sp³-hybridized carbons (Fsp3) is 0.900. The third kappa shape index (κ3) is 3.64. The van der Waals surface area contributed by atoms with Gasteiger partial charge in [0.15, 0.2) is 0 Å². The van der Waals surface area contributed by atoms with E-state index in [4.69, 9.17) is 15.2 Å². The number of rotatable bonds is 3. The van der Waals surface area contributed by atoms with Crippen molar-refractivity contribution in [2.75, 3.05) is 19.8 Å². The normalized spacial score (nSPS) is 19.4. The SMILES string of the molecule is CC(C)(N)C(=O)OCC1CCOCC1. The van der Waals surface area contributed by atoms with Crippen LogP contribution in [-0.4, -0.2) is 31.3 Å². The van der Waals surface area contributed by atoms with Gasteiger partial charge in [-0.25, -0.2) is 0 Å². The Bertz CT molecular complexity index is 192. The highest BCUT2D eigenvalue weighted by atomic mass is 16.5. The lowest BCUT2D eigenvalue weighted by Gasteiger charge is -2.23. The second-order valence-corrected chi connectivity index (χ2v) is 4.38. The zero-order valence-electron chi connectivity index (χ0n) is 8.91. The zero-order chi connectivity index (χ0) is 10.6. The van der Waals surface area contributed by atoms with Gasteiger partial charge in [0.05, 0.1) is 6.61 Å². The van der Waals surface area contributed by atoms with E-state index in [0.717, 1.165) is 26.1 Å². The molecule has 0 unspecified atom stereocenters. The fourth-order valence-corrected chi connectivity index (χ4v) is 1.29. The van der Waals surface area contributed by atoms with Gasteiger partial charge in [-0.05, 0) is 32.6 Å². The van der Waals surface area contributed by atoms with Gasteiger partial charge in [0.1, 0.15) is 5.54 Å². The van der Waals surface area contributed by atoms with E-state index in [1.807, 2.05) is 0 Å². The molecular formula is C10H19NO3. The minimum atomic E-state index is -0.884. The van der Waals surface area contributed by atoms with Crippen LogP contribution in [0, 0.1) is 5.92 Å². The Morgan fingerprint density at radius 2 is 2.07 bits per heavy atom. The van der Waals surface area contributed by atoms with Crippen molar-refractivity contribution in [3.8, 4) is 0 Å². The van der Waals surface area contributed by atoms with Crippen LogP contribution in [0.4, 0.5) is 0 Å². The molecule has 1 heterocycles. The first-order valence-corrected chi connectivity index (χ1v) is 5.04. The van der Waals surface area contributed by atoms with Crippen LogP contribution in [0.5, 0.6) is 0 Å². The quantitative estimate of drug-likeness (QED) is 0.682. The Balaban J connectivity index is 2.22. The van der Waals surface area contributed by atoms with Crippen LogP contribution in [0.2, 0.25) is 0 Å². The lowest BCUT2D eigenvalue weighted by atomic mass is 10.0. The van der Waals surface area contributed by atoms with Crippen molar-refractivity contribution in [3.05, 3.63) is 0 Å². The highest BCUT2D eigenvalue weighted by Crippen LogP contribution is 2.15. The number of carbonyl (C=O) groups is 1. The van der Waals surface area contributed by atoms with E-state index < -0.39 is 5.54 Å². The molecule has 82 valence electrons. The number of carbonyl (C=O) groups excluding carboxylic acids is 1. The van der Waals surface area contributed by atoms with E-state index in [9.17, 15) is 4.79 Å². The number of nitrogens with two attached hydrogens (primary N) is 1. The van der Waals surface area contributed by atoms with Gasteiger partial charge in [-0.3, -0.25) is 4.79 Å². The van der Waals surface area contributed by atoms with Crippen LogP contribution in [-0.2, 0) is 14.3 Å². The molecule has 4 heteroatoms. The van der Waals surface area contributed by atoms with Crippen molar-refractivity contribution in [1.82, 2.24) is 0 Å². The van der Waals surface area contributed by atoms with Crippen molar-refractivity contribution in [3.63, 3.8) is 0 Å². The molecule has 1 saturated heterocycles.